The van der Waals surface area contributed by atoms with Gasteiger partial charge in [0.2, 0.25) is 0 Å². The molecule has 1 aromatic heterocycles. The standard InChI is InChI=1S/C13H18BrClN2/c1-2-11-6-4-3-5-7-17(11)13-12(14)8-10(15)9-16-13/h8-9,11H,2-7H2,1H3. The van der Waals surface area contributed by atoms with Crippen molar-refractivity contribution in [1.29, 1.82) is 0 Å². The van der Waals surface area contributed by atoms with Gasteiger partial charge in [-0.2, -0.15) is 0 Å². The predicted octanol–water partition coefficient (Wildman–Crippen LogP) is 4.66. The van der Waals surface area contributed by atoms with Gasteiger partial charge in [0.05, 0.1) is 9.50 Å². The molecule has 2 heterocycles. The Hall–Kier alpha value is -0.280. The van der Waals surface area contributed by atoms with Crippen LogP contribution in [-0.2, 0) is 0 Å². The smallest absolute Gasteiger partial charge is 0.143 e. The summed E-state index contributed by atoms with van der Waals surface area (Å²) in [5.74, 6) is 1.04. The fourth-order valence-electron chi connectivity index (χ4n) is 2.50. The Labute approximate surface area is 116 Å². The molecule has 17 heavy (non-hydrogen) atoms. The Morgan fingerprint density at radius 1 is 1.47 bits per heavy atom. The lowest BCUT2D eigenvalue weighted by molar-refractivity contribution is 0.551. The van der Waals surface area contributed by atoms with Gasteiger partial charge < -0.3 is 4.90 Å². The van der Waals surface area contributed by atoms with Crippen LogP contribution >= 0.6 is 27.5 Å². The number of halogens is 2. The van der Waals surface area contributed by atoms with Crippen molar-refractivity contribution in [2.45, 2.75) is 45.1 Å². The van der Waals surface area contributed by atoms with E-state index in [1.54, 1.807) is 6.20 Å². The van der Waals surface area contributed by atoms with E-state index >= 15 is 0 Å². The van der Waals surface area contributed by atoms with Gasteiger partial charge in [0.25, 0.3) is 0 Å². The second-order valence-electron chi connectivity index (χ2n) is 4.56. The molecule has 0 radical (unpaired) electrons. The summed E-state index contributed by atoms with van der Waals surface area (Å²) in [5, 5.41) is 0.684. The fraction of sp³-hybridized carbons (Fsp3) is 0.615. The molecular weight excluding hydrogens is 300 g/mol. The van der Waals surface area contributed by atoms with Crippen molar-refractivity contribution in [1.82, 2.24) is 4.98 Å². The highest BCUT2D eigenvalue weighted by Crippen LogP contribution is 2.31. The van der Waals surface area contributed by atoms with Crippen molar-refractivity contribution in [2.75, 3.05) is 11.4 Å². The highest BCUT2D eigenvalue weighted by atomic mass is 79.9. The zero-order chi connectivity index (χ0) is 12.3. The first-order valence-electron chi connectivity index (χ1n) is 6.30. The summed E-state index contributed by atoms with van der Waals surface area (Å²) < 4.78 is 1.00. The van der Waals surface area contributed by atoms with E-state index in [1.165, 1.54) is 32.1 Å². The SMILES string of the molecule is CCC1CCCCCN1c1ncc(Cl)cc1Br. The highest BCUT2D eigenvalue weighted by molar-refractivity contribution is 9.10. The van der Waals surface area contributed by atoms with Gasteiger partial charge in [-0.1, -0.05) is 31.4 Å². The van der Waals surface area contributed by atoms with Crippen molar-refractivity contribution < 1.29 is 0 Å². The number of rotatable bonds is 2. The number of anilines is 1. The summed E-state index contributed by atoms with van der Waals surface area (Å²) >= 11 is 9.52. The molecule has 0 amide bonds. The largest absolute Gasteiger partial charge is 0.353 e. The molecule has 1 fully saturated rings. The molecule has 94 valence electrons. The maximum absolute atomic E-state index is 5.95. The minimum Gasteiger partial charge on any atom is -0.353 e. The summed E-state index contributed by atoms with van der Waals surface area (Å²) in [6.45, 7) is 3.36. The van der Waals surface area contributed by atoms with Crippen LogP contribution in [0.1, 0.15) is 39.0 Å². The van der Waals surface area contributed by atoms with E-state index in [2.05, 4.69) is 32.7 Å². The third-order valence-electron chi connectivity index (χ3n) is 3.41. The monoisotopic (exact) mass is 316 g/mol. The van der Waals surface area contributed by atoms with Crippen LogP contribution in [0.2, 0.25) is 5.02 Å². The van der Waals surface area contributed by atoms with Crippen LogP contribution in [0.3, 0.4) is 0 Å². The molecule has 1 aliphatic heterocycles. The van der Waals surface area contributed by atoms with Crippen molar-refractivity contribution in [2.24, 2.45) is 0 Å². The number of aromatic nitrogens is 1. The van der Waals surface area contributed by atoms with E-state index < -0.39 is 0 Å². The van der Waals surface area contributed by atoms with Gasteiger partial charge in [-0.15, -0.1) is 0 Å². The third kappa shape index (κ3) is 3.14. The molecule has 0 aliphatic carbocycles. The molecular formula is C13H18BrClN2. The number of hydrogen-bond donors (Lipinski definition) is 0. The third-order valence-corrected chi connectivity index (χ3v) is 4.20. The second kappa shape index (κ2) is 6.05. The first-order valence-corrected chi connectivity index (χ1v) is 7.47. The second-order valence-corrected chi connectivity index (χ2v) is 5.85. The summed E-state index contributed by atoms with van der Waals surface area (Å²) in [5.41, 5.74) is 0. The van der Waals surface area contributed by atoms with Gasteiger partial charge in [-0.25, -0.2) is 4.98 Å². The molecule has 2 rings (SSSR count). The molecule has 0 spiro atoms. The lowest BCUT2D eigenvalue weighted by atomic mass is 10.1. The van der Waals surface area contributed by atoms with Gasteiger partial charge in [-0.05, 0) is 41.3 Å². The lowest BCUT2D eigenvalue weighted by Crippen LogP contribution is -2.35. The van der Waals surface area contributed by atoms with Crippen molar-refractivity contribution in [3.8, 4) is 0 Å². The van der Waals surface area contributed by atoms with E-state index in [4.69, 9.17) is 11.6 Å². The summed E-state index contributed by atoms with van der Waals surface area (Å²) in [6.07, 6.45) is 8.11. The van der Waals surface area contributed by atoms with Crippen molar-refractivity contribution in [3.05, 3.63) is 21.8 Å². The summed E-state index contributed by atoms with van der Waals surface area (Å²) in [6, 6.07) is 2.55. The van der Waals surface area contributed by atoms with Crippen molar-refractivity contribution in [3.63, 3.8) is 0 Å². The van der Waals surface area contributed by atoms with Crippen LogP contribution in [0.25, 0.3) is 0 Å². The Morgan fingerprint density at radius 2 is 2.29 bits per heavy atom. The Bertz CT molecular complexity index is 384. The van der Waals surface area contributed by atoms with E-state index in [-0.39, 0.29) is 0 Å². The van der Waals surface area contributed by atoms with Gasteiger partial charge in [-0.3, -0.25) is 0 Å². The summed E-state index contributed by atoms with van der Waals surface area (Å²) in [7, 11) is 0. The normalized spacial score (nSPS) is 21.4. The minimum absolute atomic E-state index is 0.613. The number of nitrogens with zero attached hydrogens (tertiary/aromatic N) is 2. The van der Waals surface area contributed by atoms with Crippen LogP contribution in [0, 0.1) is 0 Å². The Balaban J connectivity index is 2.28. The minimum atomic E-state index is 0.613. The predicted molar refractivity (Wildman–Crippen MR) is 76.8 cm³/mol. The molecule has 0 N–H and O–H groups in total. The maximum atomic E-state index is 5.95. The van der Waals surface area contributed by atoms with Crippen LogP contribution in [-0.4, -0.2) is 17.6 Å². The van der Waals surface area contributed by atoms with Crippen molar-refractivity contribution >= 4 is 33.3 Å². The van der Waals surface area contributed by atoms with Crippen LogP contribution < -0.4 is 4.90 Å². The van der Waals surface area contributed by atoms with Gasteiger partial charge in [0.15, 0.2) is 0 Å². The van der Waals surface area contributed by atoms with Gasteiger partial charge in [0.1, 0.15) is 5.82 Å². The van der Waals surface area contributed by atoms with Crippen LogP contribution in [0.4, 0.5) is 5.82 Å². The highest BCUT2D eigenvalue weighted by Gasteiger charge is 2.22. The molecule has 0 aromatic carbocycles. The quantitative estimate of drug-likeness (QED) is 0.789. The molecule has 1 atom stereocenters. The molecule has 1 saturated heterocycles. The first kappa shape index (κ1) is 13.2. The fourth-order valence-corrected chi connectivity index (χ4v) is 3.37. The van der Waals surface area contributed by atoms with Gasteiger partial charge in [0, 0.05) is 18.8 Å². The Morgan fingerprint density at radius 3 is 3.00 bits per heavy atom. The maximum Gasteiger partial charge on any atom is 0.143 e. The number of pyridine rings is 1. The van der Waals surface area contributed by atoms with Gasteiger partial charge >= 0.3 is 0 Å². The van der Waals surface area contributed by atoms with Crippen LogP contribution in [0.15, 0.2) is 16.7 Å². The first-order chi connectivity index (χ1) is 8.22. The zero-order valence-electron chi connectivity index (χ0n) is 10.1. The average molecular weight is 318 g/mol. The van der Waals surface area contributed by atoms with E-state index in [9.17, 15) is 0 Å². The Kier molecular flexibility index (Phi) is 4.69. The molecule has 0 saturated carbocycles. The van der Waals surface area contributed by atoms with E-state index in [0.29, 0.717) is 11.1 Å². The molecule has 1 unspecified atom stereocenters. The molecule has 1 aliphatic rings. The topological polar surface area (TPSA) is 16.1 Å². The number of hydrogen-bond acceptors (Lipinski definition) is 2. The zero-order valence-corrected chi connectivity index (χ0v) is 12.5. The van der Waals surface area contributed by atoms with E-state index in [1.807, 2.05) is 6.07 Å². The molecule has 2 nitrogen and oxygen atoms in total. The summed E-state index contributed by atoms with van der Waals surface area (Å²) in [4.78, 5) is 6.93. The molecule has 0 bridgehead atoms. The van der Waals surface area contributed by atoms with E-state index in [0.717, 1.165) is 16.8 Å². The van der Waals surface area contributed by atoms with Crippen LogP contribution in [0.5, 0.6) is 0 Å². The molecule has 1 aromatic rings. The average Bonchev–Trinajstić information content (AvgIpc) is 2.54. The molecule has 4 heteroatoms. The lowest BCUT2D eigenvalue weighted by Gasteiger charge is -2.31.